The van der Waals surface area contributed by atoms with Crippen molar-refractivity contribution in [3.8, 4) is 11.5 Å². The fourth-order valence-electron chi connectivity index (χ4n) is 2.99. The fourth-order valence-corrected chi connectivity index (χ4v) is 2.99. The second-order valence-electron chi connectivity index (χ2n) is 5.76. The number of H-pyrrole nitrogens is 1. The molecule has 0 atom stereocenters. The van der Waals surface area contributed by atoms with Gasteiger partial charge in [0.25, 0.3) is 0 Å². The molecule has 1 N–H and O–H groups in total. The van der Waals surface area contributed by atoms with Crippen molar-refractivity contribution in [3.63, 3.8) is 0 Å². The SMILES string of the molecule is CCCC(CCC)c1nc2cc3c(cc2[nH]1)OCCCO3. The summed E-state index contributed by atoms with van der Waals surface area (Å²) in [5.74, 6) is 3.28. The first-order valence-corrected chi connectivity index (χ1v) is 8.11. The molecular weight excluding hydrogens is 264 g/mol. The number of aromatic nitrogens is 2. The van der Waals surface area contributed by atoms with Gasteiger partial charge in [0.05, 0.1) is 24.2 Å². The highest BCUT2D eigenvalue weighted by molar-refractivity contribution is 5.80. The predicted molar refractivity (Wildman–Crippen MR) is 84.3 cm³/mol. The normalized spacial score (nSPS) is 14.6. The molecule has 0 saturated carbocycles. The van der Waals surface area contributed by atoms with E-state index in [0.29, 0.717) is 19.1 Å². The molecule has 4 nitrogen and oxygen atoms in total. The molecule has 3 rings (SSSR count). The van der Waals surface area contributed by atoms with Crippen molar-refractivity contribution in [2.75, 3.05) is 13.2 Å². The Balaban J connectivity index is 1.95. The van der Waals surface area contributed by atoms with E-state index in [4.69, 9.17) is 14.5 Å². The summed E-state index contributed by atoms with van der Waals surface area (Å²) in [6.07, 6.45) is 5.66. The average molecular weight is 288 g/mol. The van der Waals surface area contributed by atoms with Crippen molar-refractivity contribution in [2.24, 2.45) is 0 Å². The Morgan fingerprint density at radius 1 is 1.10 bits per heavy atom. The van der Waals surface area contributed by atoms with Gasteiger partial charge in [0.2, 0.25) is 0 Å². The number of hydrogen-bond donors (Lipinski definition) is 1. The quantitative estimate of drug-likeness (QED) is 0.886. The summed E-state index contributed by atoms with van der Waals surface area (Å²) in [5, 5.41) is 0. The Hall–Kier alpha value is -1.71. The average Bonchev–Trinajstić information content (AvgIpc) is 2.75. The molecule has 0 amide bonds. The van der Waals surface area contributed by atoms with Crippen LogP contribution in [-0.2, 0) is 0 Å². The third-order valence-corrected chi connectivity index (χ3v) is 4.03. The molecule has 0 bridgehead atoms. The number of fused-ring (bicyclic) bond motifs is 2. The molecule has 0 saturated heterocycles. The number of imidazole rings is 1. The number of hydrogen-bond acceptors (Lipinski definition) is 3. The molecule has 2 heterocycles. The summed E-state index contributed by atoms with van der Waals surface area (Å²) in [6, 6.07) is 4.03. The van der Waals surface area contributed by atoms with E-state index in [9.17, 15) is 0 Å². The van der Waals surface area contributed by atoms with Crippen LogP contribution in [0.2, 0.25) is 0 Å². The predicted octanol–water partition coefficient (Wildman–Crippen LogP) is 4.41. The maximum absolute atomic E-state index is 5.75. The molecule has 0 spiro atoms. The van der Waals surface area contributed by atoms with Gasteiger partial charge in [-0.15, -0.1) is 0 Å². The minimum atomic E-state index is 0.522. The number of benzene rings is 1. The Labute approximate surface area is 125 Å². The van der Waals surface area contributed by atoms with Gasteiger partial charge >= 0.3 is 0 Å². The molecule has 0 aliphatic carbocycles. The van der Waals surface area contributed by atoms with E-state index in [-0.39, 0.29) is 0 Å². The number of nitrogens with one attached hydrogen (secondary N) is 1. The minimum Gasteiger partial charge on any atom is -0.489 e. The Kier molecular flexibility index (Phi) is 4.32. The summed E-state index contributed by atoms with van der Waals surface area (Å²) in [4.78, 5) is 8.29. The second-order valence-corrected chi connectivity index (χ2v) is 5.76. The third-order valence-electron chi connectivity index (χ3n) is 4.03. The van der Waals surface area contributed by atoms with E-state index >= 15 is 0 Å². The minimum absolute atomic E-state index is 0.522. The van der Waals surface area contributed by atoms with Gasteiger partial charge < -0.3 is 14.5 Å². The van der Waals surface area contributed by atoms with E-state index in [0.717, 1.165) is 34.8 Å². The number of nitrogens with zero attached hydrogens (tertiary/aromatic N) is 1. The molecule has 4 heteroatoms. The highest BCUT2D eigenvalue weighted by atomic mass is 16.5. The molecule has 1 aromatic carbocycles. The van der Waals surface area contributed by atoms with Crippen molar-refractivity contribution in [2.45, 2.75) is 51.9 Å². The van der Waals surface area contributed by atoms with Crippen LogP contribution in [0.5, 0.6) is 11.5 Å². The third kappa shape index (κ3) is 2.99. The lowest BCUT2D eigenvalue weighted by Crippen LogP contribution is -2.00. The maximum atomic E-state index is 5.75. The van der Waals surface area contributed by atoms with E-state index in [1.807, 2.05) is 12.1 Å². The lowest BCUT2D eigenvalue weighted by Gasteiger charge is -2.11. The zero-order valence-electron chi connectivity index (χ0n) is 12.9. The van der Waals surface area contributed by atoms with Crippen LogP contribution in [-0.4, -0.2) is 23.2 Å². The fraction of sp³-hybridized carbons (Fsp3) is 0.588. The van der Waals surface area contributed by atoms with Gasteiger partial charge in [-0.3, -0.25) is 0 Å². The van der Waals surface area contributed by atoms with Crippen LogP contribution in [0.25, 0.3) is 11.0 Å². The van der Waals surface area contributed by atoms with Crippen molar-refractivity contribution in [1.29, 1.82) is 0 Å². The van der Waals surface area contributed by atoms with Crippen molar-refractivity contribution in [3.05, 3.63) is 18.0 Å². The second kappa shape index (κ2) is 6.37. The van der Waals surface area contributed by atoms with Crippen LogP contribution in [0.4, 0.5) is 0 Å². The Morgan fingerprint density at radius 3 is 2.43 bits per heavy atom. The molecule has 0 radical (unpaired) electrons. The number of aromatic amines is 1. The molecule has 1 aliphatic rings. The van der Waals surface area contributed by atoms with Gasteiger partial charge in [-0.25, -0.2) is 4.98 Å². The molecule has 1 aromatic heterocycles. The lowest BCUT2D eigenvalue weighted by atomic mass is 9.98. The van der Waals surface area contributed by atoms with Gasteiger partial charge in [-0.1, -0.05) is 26.7 Å². The zero-order chi connectivity index (χ0) is 14.7. The molecular formula is C17H24N2O2. The highest BCUT2D eigenvalue weighted by Gasteiger charge is 2.17. The van der Waals surface area contributed by atoms with Crippen molar-refractivity contribution in [1.82, 2.24) is 9.97 Å². The summed E-state index contributed by atoms with van der Waals surface area (Å²) < 4.78 is 11.5. The zero-order valence-corrected chi connectivity index (χ0v) is 12.9. The van der Waals surface area contributed by atoms with E-state index in [1.54, 1.807) is 0 Å². The highest BCUT2D eigenvalue weighted by Crippen LogP contribution is 2.35. The lowest BCUT2D eigenvalue weighted by molar-refractivity contribution is 0.297. The van der Waals surface area contributed by atoms with Crippen LogP contribution in [0, 0.1) is 0 Å². The van der Waals surface area contributed by atoms with Gasteiger partial charge in [-0.05, 0) is 12.8 Å². The van der Waals surface area contributed by atoms with Gasteiger partial charge in [-0.2, -0.15) is 0 Å². The molecule has 0 fully saturated rings. The Bertz CT molecular complexity index is 557. The summed E-state index contributed by atoms with van der Waals surface area (Å²) in [6.45, 7) is 5.89. The van der Waals surface area contributed by atoms with Gasteiger partial charge in [0, 0.05) is 24.5 Å². The monoisotopic (exact) mass is 288 g/mol. The first-order valence-electron chi connectivity index (χ1n) is 8.11. The molecule has 114 valence electrons. The van der Waals surface area contributed by atoms with Crippen LogP contribution < -0.4 is 9.47 Å². The van der Waals surface area contributed by atoms with Crippen LogP contribution >= 0.6 is 0 Å². The smallest absolute Gasteiger partial charge is 0.163 e. The first-order chi connectivity index (χ1) is 10.3. The van der Waals surface area contributed by atoms with E-state index < -0.39 is 0 Å². The summed E-state index contributed by atoms with van der Waals surface area (Å²) >= 11 is 0. The first kappa shape index (κ1) is 14.2. The van der Waals surface area contributed by atoms with Crippen LogP contribution in [0.3, 0.4) is 0 Å². The largest absolute Gasteiger partial charge is 0.489 e. The maximum Gasteiger partial charge on any atom is 0.163 e. The van der Waals surface area contributed by atoms with Gasteiger partial charge in [0.1, 0.15) is 5.82 Å². The standard InChI is InChI=1S/C17H24N2O2/c1-3-6-12(7-4-2)17-18-13-10-15-16(11-14(13)19-17)21-9-5-8-20-15/h10-12H,3-9H2,1-2H3,(H,18,19). The van der Waals surface area contributed by atoms with E-state index in [2.05, 4.69) is 18.8 Å². The molecule has 1 aliphatic heterocycles. The summed E-state index contributed by atoms with van der Waals surface area (Å²) in [5.41, 5.74) is 2.03. The van der Waals surface area contributed by atoms with Crippen molar-refractivity contribution >= 4 is 11.0 Å². The van der Waals surface area contributed by atoms with E-state index in [1.165, 1.54) is 25.7 Å². The summed E-state index contributed by atoms with van der Waals surface area (Å²) in [7, 11) is 0. The van der Waals surface area contributed by atoms with Crippen LogP contribution in [0.1, 0.15) is 57.7 Å². The topological polar surface area (TPSA) is 47.1 Å². The van der Waals surface area contributed by atoms with Crippen LogP contribution in [0.15, 0.2) is 12.1 Å². The number of ether oxygens (including phenoxy) is 2. The van der Waals surface area contributed by atoms with Gasteiger partial charge in [0.15, 0.2) is 11.5 Å². The molecule has 21 heavy (non-hydrogen) atoms. The van der Waals surface area contributed by atoms with Crippen molar-refractivity contribution < 1.29 is 9.47 Å². The molecule has 2 aromatic rings. The molecule has 0 unspecified atom stereocenters. The number of rotatable bonds is 5. The Morgan fingerprint density at radius 2 is 1.76 bits per heavy atom.